The standard InChI is InChI=1S/C18H20F4N4O6S/c1-10-24-15(26-32-10)16(2,9-33(3,28)29)25-14(27)12-4-13(31-8-18(20,21)22)11(5-23-12)17(19)6-30-7-17/h4-5H,6-9H2,1-3H3,(H,25,27). The summed E-state index contributed by atoms with van der Waals surface area (Å²) in [6, 6.07) is 0.846. The van der Waals surface area contributed by atoms with Gasteiger partial charge in [-0.05, 0) is 6.92 Å². The Morgan fingerprint density at radius 1 is 1.33 bits per heavy atom. The van der Waals surface area contributed by atoms with Crippen LogP contribution in [0.5, 0.6) is 5.75 Å². The molecule has 1 N–H and O–H groups in total. The number of carbonyl (C=O) groups excluding carboxylic acids is 1. The van der Waals surface area contributed by atoms with Crippen molar-refractivity contribution >= 4 is 15.7 Å². The van der Waals surface area contributed by atoms with Crippen LogP contribution in [0, 0.1) is 6.92 Å². The van der Waals surface area contributed by atoms with Crippen LogP contribution in [0.25, 0.3) is 0 Å². The van der Waals surface area contributed by atoms with Gasteiger partial charge in [-0.15, -0.1) is 0 Å². The Hall–Kier alpha value is -2.81. The van der Waals surface area contributed by atoms with Gasteiger partial charge in [-0.2, -0.15) is 18.2 Å². The predicted molar refractivity (Wildman–Crippen MR) is 103 cm³/mol. The van der Waals surface area contributed by atoms with Crippen molar-refractivity contribution < 1.29 is 44.8 Å². The Kier molecular flexibility index (Phi) is 6.41. The first-order valence-electron chi connectivity index (χ1n) is 9.38. The molecule has 2 aromatic heterocycles. The quantitative estimate of drug-likeness (QED) is 0.541. The van der Waals surface area contributed by atoms with Crippen molar-refractivity contribution in [1.82, 2.24) is 20.4 Å². The summed E-state index contributed by atoms with van der Waals surface area (Å²) in [7, 11) is -3.67. The molecule has 1 atom stereocenters. The van der Waals surface area contributed by atoms with Gasteiger partial charge in [-0.25, -0.2) is 12.8 Å². The second kappa shape index (κ2) is 8.52. The molecule has 15 heteroatoms. The number of ether oxygens (including phenoxy) is 2. The average Bonchev–Trinajstić information content (AvgIpc) is 3.09. The highest BCUT2D eigenvalue weighted by Crippen LogP contribution is 2.39. The number of halogens is 4. The van der Waals surface area contributed by atoms with E-state index in [1.165, 1.54) is 13.8 Å². The number of carbonyl (C=O) groups is 1. The van der Waals surface area contributed by atoms with E-state index in [1.807, 2.05) is 0 Å². The fourth-order valence-corrected chi connectivity index (χ4v) is 4.38. The topological polar surface area (TPSA) is 134 Å². The first-order chi connectivity index (χ1) is 15.1. The Labute approximate surface area is 185 Å². The number of amides is 1. The molecule has 0 aromatic carbocycles. The third kappa shape index (κ3) is 5.96. The lowest BCUT2D eigenvalue weighted by molar-refractivity contribution is -0.156. The van der Waals surface area contributed by atoms with Crippen molar-refractivity contribution in [3.8, 4) is 5.75 Å². The van der Waals surface area contributed by atoms with Crippen LogP contribution in [0.1, 0.15) is 34.7 Å². The van der Waals surface area contributed by atoms with E-state index in [9.17, 15) is 30.8 Å². The monoisotopic (exact) mass is 496 g/mol. The van der Waals surface area contributed by atoms with Gasteiger partial charge in [0.2, 0.25) is 5.89 Å². The summed E-state index contributed by atoms with van der Waals surface area (Å²) in [5, 5.41) is 6.08. The Morgan fingerprint density at radius 2 is 2.00 bits per heavy atom. The first kappa shape index (κ1) is 24.8. The second-order valence-corrected chi connectivity index (χ2v) is 10.1. The van der Waals surface area contributed by atoms with Crippen LogP contribution < -0.4 is 10.1 Å². The fraction of sp³-hybridized carbons (Fsp3) is 0.556. The summed E-state index contributed by atoms with van der Waals surface area (Å²) in [4.78, 5) is 20.7. The molecule has 1 aliphatic rings. The molecule has 1 amide bonds. The summed E-state index contributed by atoms with van der Waals surface area (Å²) < 4.78 is 91.1. The molecule has 3 heterocycles. The normalized spacial score (nSPS) is 17.7. The molecule has 1 fully saturated rings. The molecule has 33 heavy (non-hydrogen) atoms. The van der Waals surface area contributed by atoms with Crippen molar-refractivity contribution in [3.63, 3.8) is 0 Å². The van der Waals surface area contributed by atoms with E-state index in [-0.39, 0.29) is 17.3 Å². The van der Waals surface area contributed by atoms with Crippen LogP contribution in [-0.4, -0.2) is 67.5 Å². The van der Waals surface area contributed by atoms with Crippen molar-refractivity contribution in [2.45, 2.75) is 31.2 Å². The van der Waals surface area contributed by atoms with Crippen LogP contribution in [0.4, 0.5) is 17.6 Å². The Bertz CT molecular complexity index is 1150. The van der Waals surface area contributed by atoms with E-state index in [0.29, 0.717) is 0 Å². The molecule has 1 aliphatic heterocycles. The summed E-state index contributed by atoms with van der Waals surface area (Å²) in [6.45, 7) is 0.239. The van der Waals surface area contributed by atoms with Gasteiger partial charge in [0.05, 0.1) is 24.5 Å². The van der Waals surface area contributed by atoms with E-state index < -0.39 is 70.1 Å². The van der Waals surface area contributed by atoms with Crippen molar-refractivity contribution in [3.05, 3.63) is 35.2 Å². The molecule has 3 rings (SSSR count). The second-order valence-electron chi connectivity index (χ2n) is 7.92. The molecule has 0 aliphatic carbocycles. The van der Waals surface area contributed by atoms with Crippen LogP contribution >= 0.6 is 0 Å². The summed E-state index contributed by atoms with van der Waals surface area (Å²) in [5.41, 5.74) is -4.53. The van der Waals surface area contributed by atoms with Gasteiger partial charge in [-0.3, -0.25) is 9.78 Å². The molecule has 0 spiro atoms. The number of aromatic nitrogens is 3. The maximum Gasteiger partial charge on any atom is 0.422 e. The van der Waals surface area contributed by atoms with Crippen molar-refractivity contribution in [2.75, 3.05) is 31.8 Å². The number of nitrogens with one attached hydrogen (secondary N) is 1. The summed E-state index contributed by atoms with van der Waals surface area (Å²) in [6.07, 6.45) is -2.90. The lowest BCUT2D eigenvalue weighted by atomic mass is 9.94. The number of pyridine rings is 1. The number of aryl methyl sites for hydroxylation is 1. The third-order valence-corrected chi connectivity index (χ3v) is 5.70. The van der Waals surface area contributed by atoms with Gasteiger partial charge >= 0.3 is 6.18 Å². The number of hydrogen-bond donors (Lipinski definition) is 1. The number of hydrogen-bond acceptors (Lipinski definition) is 9. The number of sulfone groups is 1. The molecule has 0 bridgehead atoms. The van der Waals surface area contributed by atoms with Gasteiger partial charge < -0.3 is 19.3 Å². The van der Waals surface area contributed by atoms with E-state index in [4.69, 9.17) is 14.0 Å². The molecule has 1 saturated heterocycles. The van der Waals surface area contributed by atoms with Gasteiger partial charge in [0.25, 0.3) is 5.91 Å². The maximum absolute atomic E-state index is 14.8. The number of nitrogens with zero attached hydrogens (tertiary/aromatic N) is 3. The Morgan fingerprint density at radius 3 is 2.48 bits per heavy atom. The lowest BCUT2D eigenvalue weighted by Crippen LogP contribution is -2.49. The van der Waals surface area contributed by atoms with Crippen LogP contribution in [0.3, 0.4) is 0 Å². The number of rotatable bonds is 8. The summed E-state index contributed by atoms with van der Waals surface area (Å²) >= 11 is 0. The summed E-state index contributed by atoms with van der Waals surface area (Å²) in [5.74, 6) is -2.17. The highest BCUT2D eigenvalue weighted by atomic mass is 32.2. The molecule has 182 valence electrons. The number of alkyl halides is 4. The predicted octanol–water partition coefficient (Wildman–Crippen LogP) is 1.60. The highest BCUT2D eigenvalue weighted by Gasteiger charge is 2.44. The zero-order chi connectivity index (χ0) is 24.7. The van der Waals surface area contributed by atoms with Gasteiger partial charge in [0, 0.05) is 25.4 Å². The van der Waals surface area contributed by atoms with Gasteiger partial charge in [0.15, 0.2) is 18.1 Å². The van der Waals surface area contributed by atoms with Crippen molar-refractivity contribution in [1.29, 1.82) is 0 Å². The SMILES string of the molecule is Cc1nc(C(C)(CS(C)(=O)=O)NC(=O)c2cc(OCC(F)(F)F)c(C3(F)COC3)cn2)no1. The minimum Gasteiger partial charge on any atom is -0.484 e. The van der Waals surface area contributed by atoms with E-state index >= 15 is 0 Å². The maximum atomic E-state index is 14.8. The molecule has 1 unspecified atom stereocenters. The zero-order valence-corrected chi connectivity index (χ0v) is 18.5. The largest absolute Gasteiger partial charge is 0.484 e. The molecule has 10 nitrogen and oxygen atoms in total. The minimum atomic E-state index is -4.72. The molecule has 2 aromatic rings. The third-order valence-electron chi connectivity index (χ3n) is 4.60. The van der Waals surface area contributed by atoms with E-state index in [1.54, 1.807) is 0 Å². The first-order valence-corrected chi connectivity index (χ1v) is 11.4. The van der Waals surface area contributed by atoms with Crippen LogP contribution in [0.15, 0.2) is 16.8 Å². The van der Waals surface area contributed by atoms with E-state index in [2.05, 4.69) is 20.4 Å². The van der Waals surface area contributed by atoms with Crippen LogP contribution in [-0.2, 0) is 25.8 Å². The fourth-order valence-electron chi connectivity index (χ4n) is 3.13. The molecule has 0 saturated carbocycles. The molecular formula is C18H20F4N4O6S. The highest BCUT2D eigenvalue weighted by molar-refractivity contribution is 7.90. The smallest absolute Gasteiger partial charge is 0.422 e. The molecule has 0 radical (unpaired) electrons. The van der Waals surface area contributed by atoms with Crippen molar-refractivity contribution in [2.24, 2.45) is 0 Å². The van der Waals surface area contributed by atoms with Gasteiger partial charge in [0.1, 0.15) is 26.8 Å². The van der Waals surface area contributed by atoms with E-state index in [0.717, 1.165) is 18.5 Å². The lowest BCUT2D eigenvalue weighted by Gasteiger charge is -2.35. The Balaban J connectivity index is 1.94. The van der Waals surface area contributed by atoms with Crippen LogP contribution in [0.2, 0.25) is 0 Å². The van der Waals surface area contributed by atoms with Gasteiger partial charge in [-0.1, -0.05) is 5.16 Å². The molecular weight excluding hydrogens is 476 g/mol. The zero-order valence-electron chi connectivity index (χ0n) is 17.7. The average molecular weight is 496 g/mol. The minimum absolute atomic E-state index is 0.111.